The predicted molar refractivity (Wildman–Crippen MR) is 83.4 cm³/mol. The summed E-state index contributed by atoms with van der Waals surface area (Å²) in [4.78, 5) is 14.9. The van der Waals surface area contributed by atoms with Crippen LogP contribution in [0.25, 0.3) is 22.4 Å². The molecule has 0 bridgehead atoms. The number of thiazole rings is 1. The zero-order valence-electron chi connectivity index (χ0n) is 10.00. The second kappa shape index (κ2) is 5.59. The fraction of sp³-hybridized carbons (Fsp3) is 0.0769. The van der Waals surface area contributed by atoms with Crippen molar-refractivity contribution in [1.29, 1.82) is 0 Å². The van der Waals surface area contributed by atoms with Crippen LogP contribution in [0.5, 0.6) is 0 Å². The molecule has 0 spiro atoms. The molecule has 0 amide bonds. The van der Waals surface area contributed by atoms with Gasteiger partial charge in [-0.3, -0.25) is 4.79 Å². The molecular weight excluding hydrogens is 362 g/mol. The van der Waals surface area contributed by atoms with Crippen LogP contribution in [0.2, 0.25) is 0 Å². The molecule has 3 rings (SSSR count). The molecule has 3 aromatic rings. The fourth-order valence-corrected chi connectivity index (χ4v) is 3.61. The Kier molecular flexibility index (Phi) is 3.82. The summed E-state index contributed by atoms with van der Waals surface area (Å²) in [6.07, 6.45) is 0. The third-order valence-electron chi connectivity index (χ3n) is 2.53. The Labute approximate surface area is 131 Å². The number of hydrogen-bond donors (Lipinski definition) is 1. The highest BCUT2D eigenvalue weighted by Gasteiger charge is 2.11. The number of carboxylic acid groups (broad SMARTS) is 1. The Morgan fingerprint density at radius 3 is 3.10 bits per heavy atom. The van der Waals surface area contributed by atoms with E-state index in [0.29, 0.717) is 5.76 Å². The van der Waals surface area contributed by atoms with Crippen LogP contribution < -0.4 is 0 Å². The molecule has 0 aliphatic heterocycles. The molecule has 0 saturated heterocycles. The number of furan rings is 1. The van der Waals surface area contributed by atoms with Crippen LogP contribution in [-0.2, 0) is 4.79 Å². The van der Waals surface area contributed by atoms with Gasteiger partial charge in [0.05, 0.1) is 5.75 Å². The largest absolute Gasteiger partial charge is 0.481 e. The van der Waals surface area contributed by atoms with E-state index in [1.165, 1.54) is 23.1 Å². The summed E-state index contributed by atoms with van der Waals surface area (Å²) >= 11 is 6.05. The van der Waals surface area contributed by atoms with Gasteiger partial charge < -0.3 is 9.52 Å². The van der Waals surface area contributed by atoms with Gasteiger partial charge in [-0.2, -0.15) is 0 Å². The quantitative estimate of drug-likeness (QED) is 0.686. The van der Waals surface area contributed by atoms with E-state index in [0.717, 1.165) is 25.5 Å². The summed E-state index contributed by atoms with van der Waals surface area (Å²) in [5.41, 5.74) is 1.53. The summed E-state index contributed by atoms with van der Waals surface area (Å²) < 4.78 is 7.47. The Bertz CT molecular complexity index is 781. The zero-order chi connectivity index (χ0) is 14.1. The number of halogens is 1. The van der Waals surface area contributed by atoms with Crippen LogP contribution in [-0.4, -0.2) is 21.8 Å². The van der Waals surface area contributed by atoms with Crippen molar-refractivity contribution >= 4 is 56.0 Å². The first-order valence-corrected chi connectivity index (χ1v) is 8.27. The number of hydrogen-bond acceptors (Lipinski definition) is 5. The highest BCUT2D eigenvalue weighted by molar-refractivity contribution is 9.10. The van der Waals surface area contributed by atoms with Gasteiger partial charge in [0.15, 0.2) is 10.1 Å². The third kappa shape index (κ3) is 2.89. The van der Waals surface area contributed by atoms with Gasteiger partial charge in [-0.25, -0.2) is 4.98 Å². The lowest BCUT2D eigenvalue weighted by atomic mass is 10.2. The van der Waals surface area contributed by atoms with Gasteiger partial charge >= 0.3 is 5.97 Å². The van der Waals surface area contributed by atoms with Crippen molar-refractivity contribution in [1.82, 2.24) is 4.98 Å². The van der Waals surface area contributed by atoms with Crippen molar-refractivity contribution in [2.24, 2.45) is 0 Å². The summed E-state index contributed by atoms with van der Waals surface area (Å²) in [6.45, 7) is 0. The molecule has 0 aliphatic rings. The summed E-state index contributed by atoms with van der Waals surface area (Å²) in [6, 6.07) is 7.73. The molecule has 2 aromatic heterocycles. The zero-order valence-corrected chi connectivity index (χ0v) is 13.2. The molecule has 0 saturated carbocycles. The van der Waals surface area contributed by atoms with Gasteiger partial charge in [0, 0.05) is 15.2 Å². The lowest BCUT2D eigenvalue weighted by Crippen LogP contribution is -1.96. The number of carbonyl (C=O) groups is 1. The third-order valence-corrected chi connectivity index (χ3v) is 5.03. The standard InChI is InChI=1S/C13H8BrNO3S2/c14-8-1-2-10-7(3-8)4-11(18-10)9-5-19-13(15-9)20-6-12(16)17/h1-5H,6H2,(H,16,17). The molecule has 0 radical (unpaired) electrons. The van der Waals surface area contributed by atoms with E-state index in [-0.39, 0.29) is 5.75 Å². The van der Waals surface area contributed by atoms with Crippen LogP contribution in [0.3, 0.4) is 0 Å². The van der Waals surface area contributed by atoms with Gasteiger partial charge in [0.1, 0.15) is 11.3 Å². The molecule has 0 aliphatic carbocycles. The van der Waals surface area contributed by atoms with E-state index < -0.39 is 5.97 Å². The number of rotatable bonds is 4. The van der Waals surface area contributed by atoms with Crippen LogP contribution in [0.15, 0.2) is 42.9 Å². The lowest BCUT2D eigenvalue weighted by molar-refractivity contribution is -0.133. The fourth-order valence-electron chi connectivity index (χ4n) is 1.70. The number of fused-ring (bicyclic) bond motifs is 1. The average Bonchev–Trinajstić information content (AvgIpc) is 3.01. The molecule has 1 N–H and O–H groups in total. The van der Waals surface area contributed by atoms with E-state index in [2.05, 4.69) is 20.9 Å². The molecule has 2 heterocycles. The predicted octanol–water partition coefficient (Wildman–Crippen LogP) is 4.50. The molecule has 4 nitrogen and oxygen atoms in total. The second-order valence-corrected chi connectivity index (χ2v) is 6.97. The number of aliphatic carboxylic acids is 1. The van der Waals surface area contributed by atoms with E-state index in [4.69, 9.17) is 9.52 Å². The monoisotopic (exact) mass is 369 g/mol. The van der Waals surface area contributed by atoms with Gasteiger partial charge in [0.25, 0.3) is 0 Å². The molecule has 7 heteroatoms. The average molecular weight is 370 g/mol. The summed E-state index contributed by atoms with van der Waals surface area (Å²) in [5, 5.41) is 11.5. The van der Waals surface area contributed by atoms with Crippen LogP contribution >= 0.6 is 39.0 Å². The summed E-state index contributed by atoms with van der Waals surface area (Å²) in [7, 11) is 0. The van der Waals surface area contributed by atoms with Crippen LogP contribution in [0.1, 0.15) is 0 Å². The molecule has 1 aromatic carbocycles. The number of carboxylic acids is 1. The van der Waals surface area contributed by atoms with Crippen molar-refractivity contribution in [3.05, 3.63) is 34.1 Å². The Balaban J connectivity index is 1.89. The van der Waals surface area contributed by atoms with Gasteiger partial charge in [-0.05, 0) is 24.3 Å². The SMILES string of the molecule is O=C(O)CSc1nc(-c2cc3cc(Br)ccc3o2)cs1. The highest BCUT2D eigenvalue weighted by Crippen LogP contribution is 2.32. The first-order chi connectivity index (χ1) is 9.61. The van der Waals surface area contributed by atoms with Crippen LogP contribution in [0, 0.1) is 0 Å². The van der Waals surface area contributed by atoms with Gasteiger partial charge in [0.2, 0.25) is 0 Å². The van der Waals surface area contributed by atoms with E-state index >= 15 is 0 Å². The van der Waals surface area contributed by atoms with Gasteiger partial charge in [-0.1, -0.05) is 27.7 Å². The Hall–Kier alpha value is -1.31. The minimum Gasteiger partial charge on any atom is -0.481 e. The number of thioether (sulfide) groups is 1. The minimum absolute atomic E-state index is 0.0139. The minimum atomic E-state index is -0.847. The second-order valence-electron chi connectivity index (χ2n) is 3.97. The number of nitrogens with zero attached hydrogens (tertiary/aromatic N) is 1. The van der Waals surface area contributed by atoms with E-state index in [9.17, 15) is 4.79 Å². The van der Waals surface area contributed by atoms with Crippen molar-refractivity contribution in [2.45, 2.75) is 4.34 Å². The lowest BCUT2D eigenvalue weighted by Gasteiger charge is -1.90. The number of benzene rings is 1. The molecule has 0 unspecified atom stereocenters. The van der Waals surface area contributed by atoms with Crippen molar-refractivity contribution in [3.8, 4) is 11.5 Å². The maximum absolute atomic E-state index is 10.5. The molecule has 20 heavy (non-hydrogen) atoms. The topological polar surface area (TPSA) is 63.3 Å². The van der Waals surface area contributed by atoms with Crippen molar-refractivity contribution in [3.63, 3.8) is 0 Å². The summed E-state index contributed by atoms with van der Waals surface area (Å²) in [5.74, 6) is -0.142. The van der Waals surface area contributed by atoms with Crippen molar-refractivity contribution in [2.75, 3.05) is 5.75 Å². The van der Waals surface area contributed by atoms with Crippen molar-refractivity contribution < 1.29 is 14.3 Å². The van der Waals surface area contributed by atoms with Crippen LogP contribution in [0.4, 0.5) is 0 Å². The first kappa shape index (κ1) is 13.7. The first-order valence-electron chi connectivity index (χ1n) is 5.61. The Morgan fingerprint density at radius 2 is 2.30 bits per heavy atom. The normalized spacial score (nSPS) is 11.1. The van der Waals surface area contributed by atoms with Gasteiger partial charge in [-0.15, -0.1) is 11.3 Å². The Morgan fingerprint density at radius 1 is 1.45 bits per heavy atom. The maximum Gasteiger partial charge on any atom is 0.313 e. The highest BCUT2D eigenvalue weighted by atomic mass is 79.9. The van der Waals surface area contributed by atoms with E-state index in [1.807, 2.05) is 29.6 Å². The molecule has 0 atom stereocenters. The molecular formula is C13H8BrNO3S2. The smallest absolute Gasteiger partial charge is 0.313 e. The maximum atomic E-state index is 10.5. The molecule has 102 valence electrons. The van der Waals surface area contributed by atoms with E-state index in [1.54, 1.807) is 0 Å². The number of aromatic nitrogens is 1. The molecule has 0 fully saturated rings.